The van der Waals surface area contributed by atoms with E-state index < -0.39 is 11.4 Å². The second kappa shape index (κ2) is 3.63. The summed E-state index contributed by atoms with van der Waals surface area (Å²) in [5.41, 5.74) is 11.5. The summed E-state index contributed by atoms with van der Waals surface area (Å²) in [4.78, 5) is 15.6. The fraction of sp³-hybridized carbons (Fsp3) is 0.273. The van der Waals surface area contributed by atoms with Crippen molar-refractivity contribution in [2.75, 3.05) is 5.73 Å². The number of carbonyl (C=O) groups excluding carboxylic acids is 1. The third-order valence-electron chi connectivity index (χ3n) is 2.82. The first-order valence-corrected chi connectivity index (χ1v) is 5.46. The number of hydrogen-bond donors (Lipinski definition) is 2. The van der Waals surface area contributed by atoms with Crippen molar-refractivity contribution < 1.29 is 4.79 Å². The van der Waals surface area contributed by atoms with Crippen LogP contribution >= 0.6 is 11.6 Å². The molecule has 0 fully saturated rings. The van der Waals surface area contributed by atoms with Gasteiger partial charge in [0.25, 0.3) is 0 Å². The number of aromatic nitrogens is 2. The molecule has 17 heavy (non-hydrogen) atoms. The van der Waals surface area contributed by atoms with E-state index in [0.717, 1.165) is 0 Å². The van der Waals surface area contributed by atoms with Crippen LogP contribution in [-0.4, -0.2) is 15.5 Å². The molecule has 0 atom stereocenters. The summed E-state index contributed by atoms with van der Waals surface area (Å²) in [6.45, 7) is 3.38. The van der Waals surface area contributed by atoms with Crippen LogP contribution in [0.25, 0.3) is 11.0 Å². The molecular formula is C11H13ClN4O. The predicted molar refractivity (Wildman–Crippen MR) is 67.7 cm³/mol. The predicted octanol–water partition coefficient (Wildman–Crippen LogP) is 1.49. The number of nitrogen functional groups attached to an aromatic ring is 1. The Bertz CT molecular complexity index is 603. The third kappa shape index (κ3) is 1.63. The maximum Gasteiger partial charge on any atom is 0.243 e. The number of amides is 1. The van der Waals surface area contributed by atoms with Crippen LogP contribution in [-0.2, 0) is 10.3 Å². The highest BCUT2D eigenvalue weighted by atomic mass is 35.5. The van der Waals surface area contributed by atoms with E-state index in [1.807, 2.05) is 0 Å². The molecule has 1 aromatic carbocycles. The smallest absolute Gasteiger partial charge is 0.243 e. The summed E-state index contributed by atoms with van der Waals surface area (Å²) >= 11 is 6.02. The zero-order valence-electron chi connectivity index (χ0n) is 9.57. The molecule has 0 bridgehead atoms. The van der Waals surface area contributed by atoms with Crippen LogP contribution in [0.2, 0.25) is 5.02 Å². The van der Waals surface area contributed by atoms with Crippen LogP contribution in [0.5, 0.6) is 0 Å². The maximum atomic E-state index is 11.5. The van der Waals surface area contributed by atoms with Gasteiger partial charge < -0.3 is 11.5 Å². The van der Waals surface area contributed by atoms with E-state index in [1.54, 1.807) is 36.6 Å². The molecule has 0 radical (unpaired) electrons. The minimum absolute atomic E-state index is 0.219. The summed E-state index contributed by atoms with van der Waals surface area (Å²) < 4.78 is 1.59. The van der Waals surface area contributed by atoms with Gasteiger partial charge in [-0.15, -0.1) is 0 Å². The average molecular weight is 253 g/mol. The molecule has 2 aromatic rings. The van der Waals surface area contributed by atoms with Gasteiger partial charge in [0.2, 0.25) is 11.9 Å². The molecule has 0 aliphatic heterocycles. The number of primary amides is 1. The Morgan fingerprint density at radius 1 is 1.47 bits per heavy atom. The topological polar surface area (TPSA) is 86.9 Å². The molecule has 0 saturated carbocycles. The summed E-state index contributed by atoms with van der Waals surface area (Å²) in [6, 6.07) is 5.30. The molecule has 1 aromatic heterocycles. The van der Waals surface area contributed by atoms with Crippen molar-refractivity contribution in [1.82, 2.24) is 9.55 Å². The molecule has 1 heterocycles. The number of nitrogens with two attached hydrogens (primary N) is 2. The van der Waals surface area contributed by atoms with Crippen molar-refractivity contribution in [3.05, 3.63) is 23.2 Å². The lowest BCUT2D eigenvalue weighted by atomic mass is 10.0. The molecule has 0 unspecified atom stereocenters. The summed E-state index contributed by atoms with van der Waals surface area (Å²) in [7, 11) is 0. The van der Waals surface area contributed by atoms with Gasteiger partial charge in [-0.2, -0.15) is 0 Å². The zero-order valence-corrected chi connectivity index (χ0v) is 10.3. The molecule has 90 valence electrons. The number of anilines is 1. The number of halogens is 1. The van der Waals surface area contributed by atoms with Gasteiger partial charge in [0, 0.05) is 0 Å². The van der Waals surface area contributed by atoms with E-state index in [-0.39, 0.29) is 5.95 Å². The first-order valence-electron chi connectivity index (χ1n) is 5.08. The lowest BCUT2D eigenvalue weighted by Gasteiger charge is -2.24. The van der Waals surface area contributed by atoms with Crippen molar-refractivity contribution in [3.8, 4) is 0 Å². The Kier molecular flexibility index (Phi) is 2.50. The Labute approximate surface area is 103 Å². The SMILES string of the molecule is CC(C)(C(N)=O)n1c(N)nc2c(Cl)cccc21. The molecule has 6 heteroatoms. The van der Waals surface area contributed by atoms with Gasteiger partial charge in [-0.25, -0.2) is 4.98 Å². The molecule has 0 aliphatic rings. The lowest BCUT2D eigenvalue weighted by molar-refractivity contribution is -0.124. The van der Waals surface area contributed by atoms with Gasteiger partial charge >= 0.3 is 0 Å². The Morgan fingerprint density at radius 2 is 2.12 bits per heavy atom. The zero-order chi connectivity index (χ0) is 12.8. The Morgan fingerprint density at radius 3 is 2.71 bits per heavy atom. The number of hydrogen-bond acceptors (Lipinski definition) is 3. The standard InChI is InChI=1S/C11H13ClN4O/c1-11(2,9(13)17)16-7-5-3-4-6(12)8(7)15-10(16)14/h3-5H,1-2H3,(H2,13,17)(H2,14,15). The van der Waals surface area contributed by atoms with Crippen molar-refractivity contribution in [2.24, 2.45) is 5.73 Å². The molecule has 4 N–H and O–H groups in total. The number of benzene rings is 1. The van der Waals surface area contributed by atoms with Gasteiger partial charge in [0.1, 0.15) is 11.1 Å². The minimum atomic E-state index is -0.955. The van der Waals surface area contributed by atoms with Gasteiger partial charge in [-0.1, -0.05) is 17.7 Å². The number of carbonyl (C=O) groups is 1. The number of para-hydroxylation sites is 1. The summed E-state index contributed by atoms with van der Waals surface area (Å²) in [6.07, 6.45) is 0. The normalized spacial score (nSPS) is 11.9. The molecule has 1 amide bonds. The quantitative estimate of drug-likeness (QED) is 0.849. The molecule has 0 saturated heterocycles. The largest absolute Gasteiger partial charge is 0.369 e. The van der Waals surface area contributed by atoms with E-state index in [9.17, 15) is 4.79 Å². The van der Waals surface area contributed by atoms with E-state index in [2.05, 4.69) is 4.98 Å². The Balaban J connectivity index is 2.83. The fourth-order valence-corrected chi connectivity index (χ4v) is 1.99. The monoisotopic (exact) mass is 252 g/mol. The number of fused-ring (bicyclic) bond motifs is 1. The third-order valence-corrected chi connectivity index (χ3v) is 3.13. The van der Waals surface area contributed by atoms with Crippen LogP contribution in [0.4, 0.5) is 5.95 Å². The van der Waals surface area contributed by atoms with Crippen LogP contribution in [0.3, 0.4) is 0 Å². The van der Waals surface area contributed by atoms with Gasteiger partial charge in [0.05, 0.1) is 10.5 Å². The average Bonchev–Trinajstić information content (AvgIpc) is 2.56. The second-order valence-corrected chi connectivity index (χ2v) is 4.74. The van der Waals surface area contributed by atoms with Crippen LogP contribution in [0.1, 0.15) is 13.8 Å². The Hall–Kier alpha value is -1.75. The van der Waals surface area contributed by atoms with E-state index >= 15 is 0 Å². The molecule has 2 rings (SSSR count). The lowest BCUT2D eigenvalue weighted by Crippen LogP contribution is -2.41. The van der Waals surface area contributed by atoms with E-state index in [0.29, 0.717) is 16.1 Å². The molecule has 5 nitrogen and oxygen atoms in total. The van der Waals surface area contributed by atoms with Crippen LogP contribution in [0, 0.1) is 0 Å². The second-order valence-electron chi connectivity index (χ2n) is 4.34. The van der Waals surface area contributed by atoms with Gasteiger partial charge in [-0.05, 0) is 26.0 Å². The van der Waals surface area contributed by atoms with Crippen LogP contribution < -0.4 is 11.5 Å². The molecule has 0 aliphatic carbocycles. The van der Waals surface area contributed by atoms with Crippen molar-refractivity contribution >= 4 is 34.5 Å². The number of imidazole rings is 1. The van der Waals surface area contributed by atoms with Gasteiger partial charge in [-0.3, -0.25) is 9.36 Å². The summed E-state index contributed by atoms with van der Waals surface area (Å²) in [5, 5.41) is 0.494. The molecule has 0 spiro atoms. The highest BCUT2D eigenvalue weighted by Crippen LogP contribution is 2.30. The number of rotatable bonds is 2. The fourth-order valence-electron chi connectivity index (χ4n) is 1.78. The summed E-state index contributed by atoms with van der Waals surface area (Å²) in [5.74, 6) is -0.264. The minimum Gasteiger partial charge on any atom is -0.369 e. The van der Waals surface area contributed by atoms with E-state index in [4.69, 9.17) is 23.1 Å². The van der Waals surface area contributed by atoms with Crippen molar-refractivity contribution in [3.63, 3.8) is 0 Å². The first-order chi connectivity index (χ1) is 7.85. The van der Waals surface area contributed by atoms with Crippen molar-refractivity contribution in [2.45, 2.75) is 19.4 Å². The van der Waals surface area contributed by atoms with Crippen molar-refractivity contribution in [1.29, 1.82) is 0 Å². The van der Waals surface area contributed by atoms with E-state index in [1.165, 1.54) is 0 Å². The number of nitrogens with zero attached hydrogens (tertiary/aromatic N) is 2. The van der Waals surface area contributed by atoms with Crippen LogP contribution in [0.15, 0.2) is 18.2 Å². The maximum absolute atomic E-state index is 11.5. The molecular weight excluding hydrogens is 240 g/mol. The highest BCUT2D eigenvalue weighted by molar-refractivity contribution is 6.35. The van der Waals surface area contributed by atoms with Gasteiger partial charge in [0.15, 0.2) is 0 Å². The first kappa shape index (κ1) is 11.7. The highest BCUT2D eigenvalue weighted by Gasteiger charge is 2.31.